The van der Waals surface area contributed by atoms with Gasteiger partial charge >= 0.3 is 0 Å². The lowest BCUT2D eigenvalue weighted by Gasteiger charge is -2.06. The Morgan fingerprint density at radius 3 is 2.61 bits per heavy atom. The molecule has 2 aromatic rings. The molecule has 1 heterocycles. The molecule has 0 aliphatic rings. The maximum atomic E-state index is 12.9. The summed E-state index contributed by atoms with van der Waals surface area (Å²) in [6.45, 7) is 3.50. The van der Waals surface area contributed by atoms with Crippen LogP contribution in [0.2, 0.25) is 0 Å². The van der Waals surface area contributed by atoms with E-state index in [1.165, 1.54) is 18.2 Å². The summed E-state index contributed by atoms with van der Waals surface area (Å²) in [5.41, 5.74) is 0.989. The number of halogens is 2. The molecule has 0 spiro atoms. The molecule has 1 aromatic heterocycles. The van der Waals surface area contributed by atoms with Crippen molar-refractivity contribution in [3.8, 4) is 0 Å². The lowest BCUT2D eigenvalue weighted by atomic mass is 10.2. The zero-order valence-electron chi connectivity index (χ0n) is 9.88. The largest absolute Gasteiger partial charge is 0.466 e. The number of amides is 1. The highest BCUT2D eigenvalue weighted by atomic mass is 79.9. The molecule has 0 radical (unpaired) electrons. The van der Waals surface area contributed by atoms with E-state index in [-0.39, 0.29) is 11.7 Å². The minimum atomic E-state index is -0.366. The monoisotopic (exact) mass is 311 g/mol. The average Bonchev–Trinajstić information content (AvgIpc) is 2.62. The number of carbonyl (C=O) groups is 1. The molecule has 5 heteroatoms. The molecule has 1 N–H and O–H groups in total. The van der Waals surface area contributed by atoms with E-state index in [0.29, 0.717) is 27.2 Å². The van der Waals surface area contributed by atoms with E-state index in [1.807, 2.05) is 0 Å². The zero-order chi connectivity index (χ0) is 13.3. The van der Waals surface area contributed by atoms with Crippen molar-refractivity contribution in [2.45, 2.75) is 13.8 Å². The quantitative estimate of drug-likeness (QED) is 0.909. The lowest BCUT2D eigenvalue weighted by Crippen LogP contribution is -2.12. The first-order valence-corrected chi connectivity index (χ1v) is 6.10. The molecule has 1 aromatic carbocycles. The van der Waals surface area contributed by atoms with Gasteiger partial charge in [0.1, 0.15) is 17.3 Å². The fraction of sp³-hybridized carbons (Fsp3) is 0.154. The number of aryl methyl sites for hydroxylation is 2. The smallest absolute Gasteiger partial charge is 0.259 e. The fourth-order valence-corrected chi connectivity index (χ4v) is 2.09. The van der Waals surface area contributed by atoms with Crippen LogP contribution in [0.1, 0.15) is 21.9 Å². The van der Waals surface area contributed by atoms with Gasteiger partial charge in [0.15, 0.2) is 0 Å². The molecular weight excluding hydrogens is 301 g/mol. The van der Waals surface area contributed by atoms with Crippen LogP contribution >= 0.6 is 15.9 Å². The van der Waals surface area contributed by atoms with E-state index in [2.05, 4.69) is 21.2 Å². The maximum Gasteiger partial charge on any atom is 0.259 e. The minimum absolute atomic E-state index is 0.281. The molecule has 3 nitrogen and oxygen atoms in total. The summed E-state index contributed by atoms with van der Waals surface area (Å²) in [6.07, 6.45) is 0. The molecule has 0 fully saturated rings. The number of benzene rings is 1. The first kappa shape index (κ1) is 12.8. The van der Waals surface area contributed by atoms with Crippen molar-refractivity contribution in [1.29, 1.82) is 0 Å². The molecule has 0 saturated carbocycles. The van der Waals surface area contributed by atoms with Crippen molar-refractivity contribution in [2.24, 2.45) is 0 Å². The highest BCUT2D eigenvalue weighted by molar-refractivity contribution is 9.10. The molecule has 94 valence electrons. The Morgan fingerprint density at radius 1 is 1.33 bits per heavy atom. The highest BCUT2D eigenvalue weighted by Gasteiger charge is 2.14. The summed E-state index contributed by atoms with van der Waals surface area (Å²) >= 11 is 3.19. The second-order valence-corrected chi connectivity index (χ2v) is 4.76. The van der Waals surface area contributed by atoms with Gasteiger partial charge in [-0.05, 0) is 54.0 Å². The van der Waals surface area contributed by atoms with Gasteiger partial charge in [0, 0.05) is 4.47 Å². The number of furan rings is 1. The Kier molecular flexibility index (Phi) is 3.52. The van der Waals surface area contributed by atoms with Crippen molar-refractivity contribution in [1.82, 2.24) is 0 Å². The van der Waals surface area contributed by atoms with Crippen LogP contribution in [0.4, 0.5) is 10.1 Å². The van der Waals surface area contributed by atoms with Gasteiger partial charge in [0.05, 0.1) is 11.3 Å². The van der Waals surface area contributed by atoms with E-state index in [0.717, 1.165) is 0 Å². The van der Waals surface area contributed by atoms with Gasteiger partial charge in [-0.2, -0.15) is 0 Å². The third kappa shape index (κ3) is 2.61. The van der Waals surface area contributed by atoms with Gasteiger partial charge < -0.3 is 9.73 Å². The lowest BCUT2D eigenvalue weighted by molar-refractivity contribution is 0.102. The van der Waals surface area contributed by atoms with Crippen molar-refractivity contribution in [3.05, 3.63) is 51.6 Å². The second kappa shape index (κ2) is 4.94. The Balaban J connectivity index is 2.24. The third-order valence-corrected chi connectivity index (χ3v) is 3.12. The molecule has 0 aliphatic heterocycles. The molecule has 0 atom stereocenters. The van der Waals surface area contributed by atoms with Crippen LogP contribution in [0.3, 0.4) is 0 Å². The highest BCUT2D eigenvalue weighted by Crippen LogP contribution is 2.24. The van der Waals surface area contributed by atoms with Crippen LogP contribution in [0.25, 0.3) is 0 Å². The van der Waals surface area contributed by atoms with E-state index >= 15 is 0 Å². The molecule has 18 heavy (non-hydrogen) atoms. The molecule has 0 aliphatic carbocycles. The molecule has 0 saturated heterocycles. The molecular formula is C13H11BrFNO2. The second-order valence-electron chi connectivity index (χ2n) is 3.91. The topological polar surface area (TPSA) is 42.2 Å². The van der Waals surface area contributed by atoms with E-state index in [1.54, 1.807) is 19.9 Å². The standard InChI is InChI=1S/C13H11BrFNO2/c1-7-5-10(8(2)18-7)13(17)16-12-4-3-9(15)6-11(12)14/h3-6H,1-2H3,(H,16,17). The minimum Gasteiger partial charge on any atom is -0.466 e. The number of rotatable bonds is 2. The van der Waals surface area contributed by atoms with Crippen LogP contribution in [-0.2, 0) is 0 Å². The summed E-state index contributed by atoms with van der Waals surface area (Å²) in [5, 5.41) is 2.70. The van der Waals surface area contributed by atoms with E-state index in [9.17, 15) is 9.18 Å². The van der Waals surface area contributed by atoms with E-state index < -0.39 is 0 Å². The Bertz CT molecular complexity index is 607. The van der Waals surface area contributed by atoms with Crippen LogP contribution in [0, 0.1) is 19.7 Å². The van der Waals surface area contributed by atoms with Crippen LogP contribution in [-0.4, -0.2) is 5.91 Å². The summed E-state index contributed by atoms with van der Waals surface area (Å²) in [4.78, 5) is 12.0. The Morgan fingerprint density at radius 2 is 2.06 bits per heavy atom. The van der Waals surface area contributed by atoms with Crippen LogP contribution in [0.5, 0.6) is 0 Å². The number of carbonyl (C=O) groups excluding carboxylic acids is 1. The SMILES string of the molecule is Cc1cc(C(=O)Nc2ccc(F)cc2Br)c(C)o1. The number of hydrogen-bond acceptors (Lipinski definition) is 2. The van der Waals surface area contributed by atoms with Gasteiger partial charge in [-0.1, -0.05) is 0 Å². The van der Waals surface area contributed by atoms with Crippen LogP contribution < -0.4 is 5.32 Å². The Hall–Kier alpha value is -1.62. The number of hydrogen-bond donors (Lipinski definition) is 1. The van der Waals surface area contributed by atoms with Crippen molar-refractivity contribution in [3.63, 3.8) is 0 Å². The third-order valence-electron chi connectivity index (χ3n) is 2.46. The zero-order valence-corrected chi connectivity index (χ0v) is 11.5. The summed E-state index contributed by atoms with van der Waals surface area (Å²) in [6, 6.07) is 5.75. The fourth-order valence-electron chi connectivity index (χ4n) is 1.64. The summed E-state index contributed by atoms with van der Waals surface area (Å²) < 4.78 is 18.7. The predicted molar refractivity (Wildman–Crippen MR) is 70.2 cm³/mol. The summed E-state index contributed by atoms with van der Waals surface area (Å²) in [7, 11) is 0. The van der Waals surface area contributed by atoms with Gasteiger partial charge in [0.2, 0.25) is 0 Å². The number of anilines is 1. The van der Waals surface area contributed by atoms with Gasteiger partial charge in [-0.15, -0.1) is 0 Å². The van der Waals surface area contributed by atoms with Gasteiger partial charge in [-0.3, -0.25) is 4.79 Å². The van der Waals surface area contributed by atoms with Gasteiger partial charge in [0.25, 0.3) is 5.91 Å². The normalized spacial score (nSPS) is 10.4. The molecule has 1 amide bonds. The summed E-state index contributed by atoms with van der Waals surface area (Å²) in [5.74, 6) is 0.589. The first-order chi connectivity index (χ1) is 8.47. The first-order valence-electron chi connectivity index (χ1n) is 5.31. The molecule has 0 unspecified atom stereocenters. The average molecular weight is 312 g/mol. The Labute approximate surface area is 112 Å². The molecule has 2 rings (SSSR count). The van der Waals surface area contributed by atoms with Crippen molar-refractivity contribution >= 4 is 27.5 Å². The van der Waals surface area contributed by atoms with Crippen LogP contribution in [0.15, 0.2) is 33.2 Å². The van der Waals surface area contributed by atoms with Crippen molar-refractivity contribution in [2.75, 3.05) is 5.32 Å². The maximum absolute atomic E-state index is 12.9. The van der Waals surface area contributed by atoms with E-state index in [4.69, 9.17) is 4.42 Å². The van der Waals surface area contributed by atoms with Crippen molar-refractivity contribution < 1.29 is 13.6 Å². The molecule has 0 bridgehead atoms. The number of nitrogens with one attached hydrogen (secondary N) is 1. The predicted octanol–water partition coefficient (Wildman–Crippen LogP) is 4.05. The van der Waals surface area contributed by atoms with Gasteiger partial charge in [-0.25, -0.2) is 4.39 Å².